The van der Waals surface area contributed by atoms with Gasteiger partial charge in [0.25, 0.3) is 0 Å². The van der Waals surface area contributed by atoms with E-state index in [1.54, 1.807) is 0 Å². The summed E-state index contributed by atoms with van der Waals surface area (Å²) in [6.07, 6.45) is 43.2. The molecule has 0 fully saturated rings. The molecule has 0 saturated heterocycles. The highest BCUT2D eigenvalue weighted by molar-refractivity contribution is 7.46. The fourth-order valence-corrected chi connectivity index (χ4v) is 6.10. The first kappa shape index (κ1) is 51.0. The van der Waals surface area contributed by atoms with Crippen LogP contribution in [0.3, 0.4) is 0 Å². The second-order valence-electron chi connectivity index (χ2n) is 14.1. The third-order valence-corrected chi connectivity index (χ3v) is 9.41. The van der Waals surface area contributed by atoms with Crippen molar-refractivity contribution in [2.75, 3.05) is 13.2 Å². The van der Waals surface area contributed by atoms with Gasteiger partial charge in [-0.1, -0.05) is 178 Å². The first-order chi connectivity index (χ1) is 25.7. The van der Waals surface area contributed by atoms with Crippen molar-refractivity contribution in [1.82, 2.24) is 0 Å². The van der Waals surface area contributed by atoms with E-state index in [0.29, 0.717) is 19.3 Å². The lowest BCUT2D eigenvalue weighted by Gasteiger charge is -2.18. The molecule has 0 unspecified atom stereocenters. The average molecular weight is 769 g/mol. The van der Waals surface area contributed by atoms with Crippen LogP contribution in [0, 0.1) is 0 Å². The third-order valence-electron chi connectivity index (χ3n) is 8.92. The Morgan fingerprint density at radius 3 is 1.53 bits per heavy atom. The lowest BCUT2D eigenvalue weighted by atomic mass is 10.0. The fraction of sp³-hybridized carbons (Fsp3) is 0.767. The Bertz CT molecular complexity index is 1020. The molecule has 0 aromatic carbocycles. The molecule has 2 atom stereocenters. The quantitative estimate of drug-likeness (QED) is 0.0242. The Labute approximate surface area is 323 Å². The summed E-state index contributed by atoms with van der Waals surface area (Å²) in [4.78, 5) is 42.8. The molecule has 53 heavy (non-hydrogen) atoms. The molecule has 0 spiro atoms. The minimum Gasteiger partial charge on any atom is -0.462 e. The number of rotatable bonds is 38. The molecular weight excluding hydrogens is 691 g/mol. The largest absolute Gasteiger partial charge is 0.469 e. The Balaban J connectivity index is 4.03. The van der Waals surface area contributed by atoms with Gasteiger partial charge in [-0.3, -0.25) is 14.1 Å². The number of unbranched alkanes of at least 4 members (excludes halogenated alkanes) is 18. The lowest BCUT2D eigenvalue weighted by molar-refractivity contribution is -0.161. The van der Waals surface area contributed by atoms with Gasteiger partial charge >= 0.3 is 19.8 Å². The van der Waals surface area contributed by atoms with Gasteiger partial charge in [0.1, 0.15) is 6.61 Å². The van der Waals surface area contributed by atoms with E-state index in [4.69, 9.17) is 19.3 Å². The highest BCUT2D eigenvalue weighted by Gasteiger charge is 2.22. The number of esters is 2. The smallest absolute Gasteiger partial charge is 0.462 e. The van der Waals surface area contributed by atoms with Gasteiger partial charge in [-0.25, -0.2) is 4.57 Å². The van der Waals surface area contributed by atoms with Crippen LogP contribution in [0.5, 0.6) is 0 Å². The predicted octanol–water partition coefficient (Wildman–Crippen LogP) is 11.7. The molecule has 0 aliphatic rings. The minimum absolute atomic E-state index is 0.120. The van der Waals surface area contributed by atoms with Crippen LogP contribution < -0.4 is 0 Å². The number of carbonyl (C=O) groups is 2. The maximum atomic E-state index is 12.4. The van der Waals surface area contributed by atoms with Gasteiger partial charge in [0, 0.05) is 12.8 Å². The Morgan fingerprint density at radius 1 is 0.566 bits per heavy atom. The molecule has 10 heteroatoms. The van der Waals surface area contributed by atoms with Crippen molar-refractivity contribution < 1.29 is 43.0 Å². The minimum atomic E-state index is -4.78. The van der Waals surface area contributed by atoms with E-state index in [1.165, 1.54) is 89.9 Å². The predicted molar refractivity (Wildman–Crippen MR) is 217 cm³/mol. The number of hydrogen-bond acceptors (Lipinski definition) is 7. The number of aliphatic hydroxyl groups excluding tert-OH is 1. The van der Waals surface area contributed by atoms with Gasteiger partial charge in [0.2, 0.25) is 0 Å². The topological polar surface area (TPSA) is 140 Å². The molecule has 0 saturated carbocycles. The molecule has 0 aliphatic heterocycles. The van der Waals surface area contributed by atoms with E-state index < -0.39 is 32.5 Å². The zero-order valence-corrected chi connectivity index (χ0v) is 34.4. The van der Waals surface area contributed by atoms with E-state index in [9.17, 15) is 19.3 Å². The van der Waals surface area contributed by atoms with Crippen molar-refractivity contribution in [3.8, 4) is 0 Å². The van der Waals surface area contributed by atoms with Crippen molar-refractivity contribution in [2.24, 2.45) is 0 Å². The zero-order valence-electron chi connectivity index (χ0n) is 33.5. The second kappa shape index (κ2) is 38.3. The normalized spacial score (nSPS) is 13.5. The number of ether oxygens (including phenoxy) is 2. The summed E-state index contributed by atoms with van der Waals surface area (Å²) in [5, 5.41) is 9.79. The van der Waals surface area contributed by atoms with Crippen molar-refractivity contribution in [2.45, 2.75) is 199 Å². The van der Waals surface area contributed by atoms with Gasteiger partial charge in [-0.15, -0.1) is 0 Å². The summed E-state index contributed by atoms with van der Waals surface area (Å²) in [5.41, 5.74) is 0. The summed E-state index contributed by atoms with van der Waals surface area (Å²) < 4.78 is 26.3. The van der Waals surface area contributed by atoms with Crippen LogP contribution >= 0.6 is 7.82 Å². The molecule has 9 nitrogen and oxygen atoms in total. The summed E-state index contributed by atoms with van der Waals surface area (Å²) in [6.45, 7) is 3.49. The molecular formula is C43H77O9P. The van der Waals surface area contributed by atoms with Gasteiger partial charge in [0.05, 0.1) is 12.7 Å². The molecule has 308 valence electrons. The van der Waals surface area contributed by atoms with Crippen LogP contribution in [-0.2, 0) is 28.2 Å². The average Bonchev–Trinajstić information content (AvgIpc) is 3.12. The molecule has 0 bridgehead atoms. The van der Waals surface area contributed by atoms with E-state index >= 15 is 0 Å². The standard InChI is InChI=1S/C43H77O9P/c1-3-5-7-8-9-10-11-12-13-14-15-16-20-23-26-29-32-36-42(45)50-38-41(39-51-53(47,48)49)52-43(46)37-33-30-27-24-21-18-17-19-22-25-28-31-35-40(44)34-6-4-2/h17-18,22,24-25,27,31,35,40-41,44H,3-16,19-21,23,26,28-30,32-34,36-39H2,1-2H3,(H2,47,48,49)/b18-17-,25-22-,27-24-,35-31-/t40-,41-/m1/s1. The fourth-order valence-electron chi connectivity index (χ4n) is 5.74. The Morgan fingerprint density at radius 2 is 1.02 bits per heavy atom. The highest BCUT2D eigenvalue weighted by atomic mass is 31.2. The molecule has 0 amide bonds. The maximum Gasteiger partial charge on any atom is 0.469 e. The summed E-state index contributed by atoms with van der Waals surface area (Å²) in [6, 6.07) is 0. The first-order valence-corrected chi connectivity index (χ1v) is 22.6. The van der Waals surface area contributed by atoms with E-state index in [-0.39, 0.29) is 25.6 Å². The Kier molecular flexibility index (Phi) is 36.8. The molecule has 0 aromatic rings. The molecule has 0 rings (SSSR count). The van der Waals surface area contributed by atoms with Gasteiger partial charge in [-0.05, 0) is 44.9 Å². The SMILES string of the molecule is CCCCCCCCCCCCCCCCCCCC(=O)OC[C@H](COP(=O)(O)O)OC(=O)CCC/C=C\C/C=C\C/C=C\C/C=C\[C@H](O)CCCC. The van der Waals surface area contributed by atoms with Gasteiger partial charge in [0.15, 0.2) is 6.10 Å². The number of hydrogen-bond donors (Lipinski definition) is 3. The lowest BCUT2D eigenvalue weighted by Crippen LogP contribution is -2.29. The number of aliphatic hydroxyl groups is 1. The molecule has 0 radical (unpaired) electrons. The summed E-state index contributed by atoms with van der Waals surface area (Å²) in [7, 11) is -4.78. The van der Waals surface area contributed by atoms with Crippen molar-refractivity contribution in [3.63, 3.8) is 0 Å². The van der Waals surface area contributed by atoms with Crippen LogP contribution in [0.4, 0.5) is 0 Å². The molecule has 3 N–H and O–H groups in total. The van der Waals surface area contributed by atoms with Gasteiger partial charge in [-0.2, -0.15) is 0 Å². The van der Waals surface area contributed by atoms with Crippen molar-refractivity contribution >= 4 is 19.8 Å². The Hall–Kier alpha value is -2.03. The summed E-state index contributed by atoms with van der Waals surface area (Å²) in [5.74, 6) is -0.969. The summed E-state index contributed by atoms with van der Waals surface area (Å²) >= 11 is 0. The van der Waals surface area contributed by atoms with Gasteiger partial charge < -0.3 is 24.4 Å². The first-order valence-electron chi connectivity index (χ1n) is 21.0. The van der Waals surface area contributed by atoms with Crippen LogP contribution in [0.2, 0.25) is 0 Å². The second-order valence-corrected chi connectivity index (χ2v) is 15.4. The van der Waals surface area contributed by atoms with Crippen LogP contribution in [-0.4, -0.2) is 52.3 Å². The van der Waals surface area contributed by atoms with E-state index in [0.717, 1.165) is 51.4 Å². The highest BCUT2D eigenvalue weighted by Crippen LogP contribution is 2.36. The van der Waals surface area contributed by atoms with E-state index in [1.807, 2.05) is 24.3 Å². The van der Waals surface area contributed by atoms with Crippen molar-refractivity contribution in [3.05, 3.63) is 48.6 Å². The monoisotopic (exact) mass is 769 g/mol. The van der Waals surface area contributed by atoms with E-state index in [2.05, 4.69) is 42.7 Å². The molecule has 0 aromatic heterocycles. The number of phosphoric ester groups is 1. The third kappa shape index (κ3) is 41.0. The maximum absolute atomic E-state index is 12.4. The number of phosphoric acid groups is 1. The zero-order chi connectivity index (χ0) is 39.1. The van der Waals surface area contributed by atoms with Crippen molar-refractivity contribution in [1.29, 1.82) is 0 Å². The number of allylic oxidation sites excluding steroid dienone is 7. The van der Waals surface area contributed by atoms with Crippen LogP contribution in [0.15, 0.2) is 48.6 Å². The van der Waals surface area contributed by atoms with Crippen LogP contribution in [0.1, 0.15) is 187 Å². The molecule has 0 heterocycles. The number of carbonyl (C=O) groups excluding carboxylic acids is 2. The molecule has 0 aliphatic carbocycles. The van der Waals surface area contributed by atoms with Crippen LogP contribution in [0.25, 0.3) is 0 Å².